The molecule has 0 aliphatic carbocycles. The van der Waals surface area contributed by atoms with E-state index in [9.17, 15) is 9.59 Å². The number of ether oxygens (including phenoxy) is 3. The smallest absolute Gasteiger partial charge is 0.311 e. The topological polar surface area (TPSA) is 61.8 Å². The van der Waals surface area contributed by atoms with Crippen LogP contribution in [-0.2, 0) is 19.1 Å². The molecule has 24 heavy (non-hydrogen) atoms. The summed E-state index contributed by atoms with van der Waals surface area (Å²) in [6.45, 7) is 8.81. The van der Waals surface area contributed by atoms with Crippen molar-refractivity contribution in [2.24, 2.45) is 5.92 Å². The Bertz CT molecular complexity index is 508. The summed E-state index contributed by atoms with van der Waals surface area (Å²) < 4.78 is 16.0. The summed E-state index contributed by atoms with van der Waals surface area (Å²) in [5.41, 5.74) is -0.533. The zero-order valence-electron chi connectivity index (χ0n) is 15.0. The number of carbonyl (C=O) groups is 2. The molecule has 0 aliphatic rings. The van der Waals surface area contributed by atoms with E-state index in [0.717, 1.165) is 6.42 Å². The molecule has 0 N–H and O–H groups in total. The van der Waals surface area contributed by atoms with Crippen LogP contribution in [0.2, 0.25) is 0 Å². The van der Waals surface area contributed by atoms with E-state index < -0.39 is 17.5 Å². The molecule has 134 valence electrons. The highest BCUT2D eigenvalue weighted by Gasteiger charge is 2.21. The van der Waals surface area contributed by atoms with Gasteiger partial charge in [0.15, 0.2) is 0 Å². The first-order valence-electron chi connectivity index (χ1n) is 8.34. The lowest BCUT2D eigenvalue weighted by Crippen LogP contribution is -2.32. The van der Waals surface area contributed by atoms with E-state index in [1.165, 1.54) is 0 Å². The van der Waals surface area contributed by atoms with Gasteiger partial charge in [0.2, 0.25) is 0 Å². The maximum absolute atomic E-state index is 11.7. The molecule has 1 rings (SSSR count). The summed E-state index contributed by atoms with van der Waals surface area (Å²) in [6, 6.07) is 8.76. The molecule has 0 unspecified atom stereocenters. The molecule has 0 aliphatic heterocycles. The van der Waals surface area contributed by atoms with Crippen molar-refractivity contribution < 1.29 is 23.8 Å². The van der Waals surface area contributed by atoms with E-state index in [2.05, 4.69) is 13.8 Å². The number of esters is 2. The highest BCUT2D eigenvalue weighted by atomic mass is 16.6. The number of carbonyl (C=O) groups excluding carboxylic acids is 2. The Morgan fingerprint density at radius 1 is 1.04 bits per heavy atom. The van der Waals surface area contributed by atoms with Crippen molar-refractivity contribution in [3.8, 4) is 5.75 Å². The third-order valence-corrected chi connectivity index (χ3v) is 3.28. The largest absolute Gasteiger partial charge is 0.463 e. The molecule has 1 aromatic rings. The van der Waals surface area contributed by atoms with Gasteiger partial charge in [0.25, 0.3) is 0 Å². The molecule has 1 aromatic carbocycles. The van der Waals surface area contributed by atoms with Gasteiger partial charge in [0.1, 0.15) is 12.4 Å². The van der Waals surface area contributed by atoms with Crippen LogP contribution in [0.1, 0.15) is 47.0 Å². The zero-order chi connectivity index (χ0) is 18.0. The summed E-state index contributed by atoms with van der Waals surface area (Å²) in [5.74, 6) is 0.153. The highest BCUT2D eigenvalue weighted by molar-refractivity contribution is 5.79. The van der Waals surface area contributed by atoms with Crippen LogP contribution in [0, 0.1) is 5.92 Å². The van der Waals surface area contributed by atoms with Gasteiger partial charge < -0.3 is 14.2 Å². The standard InChI is InChI=1S/C19H28O5/c1-15(2)12-13-23-19(3,4)14-22-17(20)10-11-18(21)24-16-8-6-5-7-9-16/h5-9,15H,10-14H2,1-4H3. The summed E-state index contributed by atoms with van der Waals surface area (Å²) in [6.07, 6.45) is 0.943. The Balaban J connectivity index is 2.22. The van der Waals surface area contributed by atoms with Crippen molar-refractivity contribution in [2.75, 3.05) is 13.2 Å². The number of para-hydroxylation sites is 1. The molecule has 0 aromatic heterocycles. The molecule has 5 nitrogen and oxygen atoms in total. The monoisotopic (exact) mass is 336 g/mol. The van der Waals surface area contributed by atoms with E-state index in [1.807, 2.05) is 19.9 Å². The van der Waals surface area contributed by atoms with E-state index in [-0.39, 0.29) is 19.4 Å². The van der Waals surface area contributed by atoms with Crippen LogP contribution in [0.15, 0.2) is 30.3 Å². The van der Waals surface area contributed by atoms with Gasteiger partial charge in [0, 0.05) is 6.61 Å². The molecule has 0 heterocycles. The fraction of sp³-hybridized carbons (Fsp3) is 0.579. The van der Waals surface area contributed by atoms with Crippen LogP contribution in [0.3, 0.4) is 0 Å². The van der Waals surface area contributed by atoms with Gasteiger partial charge in [-0.1, -0.05) is 32.0 Å². The predicted molar refractivity (Wildman–Crippen MR) is 91.8 cm³/mol. The Morgan fingerprint density at radius 2 is 1.67 bits per heavy atom. The van der Waals surface area contributed by atoms with Crippen LogP contribution >= 0.6 is 0 Å². The normalized spacial score (nSPS) is 11.4. The minimum Gasteiger partial charge on any atom is -0.463 e. The number of rotatable bonds is 10. The van der Waals surface area contributed by atoms with Gasteiger partial charge in [-0.05, 0) is 38.3 Å². The fourth-order valence-corrected chi connectivity index (χ4v) is 1.81. The van der Waals surface area contributed by atoms with Gasteiger partial charge in [-0.3, -0.25) is 9.59 Å². The SMILES string of the molecule is CC(C)CCOC(C)(C)COC(=O)CCC(=O)Oc1ccccc1. The van der Waals surface area contributed by atoms with E-state index in [1.54, 1.807) is 24.3 Å². The van der Waals surface area contributed by atoms with Crippen molar-refractivity contribution in [2.45, 2.75) is 52.6 Å². The molecule has 0 spiro atoms. The van der Waals surface area contributed by atoms with E-state index in [4.69, 9.17) is 14.2 Å². The molecule has 0 saturated carbocycles. The van der Waals surface area contributed by atoms with E-state index >= 15 is 0 Å². The number of hydrogen-bond acceptors (Lipinski definition) is 5. The molecule has 0 saturated heterocycles. The van der Waals surface area contributed by atoms with Crippen LogP contribution in [0.4, 0.5) is 0 Å². The predicted octanol–water partition coefficient (Wildman–Crippen LogP) is 3.76. The van der Waals surface area contributed by atoms with Gasteiger partial charge >= 0.3 is 11.9 Å². The molecular formula is C19H28O5. The molecule has 0 fully saturated rings. The first-order valence-corrected chi connectivity index (χ1v) is 8.34. The second kappa shape index (κ2) is 10.1. The Hall–Kier alpha value is -1.88. The van der Waals surface area contributed by atoms with Crippen molar-refractivity contribution >= 4 is 11.9 Å². The summed E-state index contributed by atoms with van der Waals surface area (Å²) >= 11 is 0. The third-order valence-electron chi connectivity index (χ3n) is 3.28. The van der Waals surface area contributed by atoms with Crippen molar-refractivity contribution in [3.05, 3.63) is 30.3 Å². The first kappa shape index (κ1) is 20.2. The van der Waals surface area contributed by atoms with Crippen molar-refractivity contribution in [1.29, 1.82) is 0 Å². The molecule has 5 heteroatoms. The third kappa shape index (κ3) is 9.30. The van der Waals surface area contributed by atoms with Crippen molar-refractivity contribution in [1.82, 2.24) is 0 Å². The van der Waals surface area contributed by atoms with Crippen molar-refractivity contribution in [3.63, 3.8) is 0 Å². The van der Waals surface area contributed by atoms with Crippen LogP contribution in [0.5, 0.6) is 5.75 Å². The molecule has 0 bridgehead atoms. The lowest BCUT2D eigenvalue weighted by atomic mass is 10.1. The van der Waals surface area contributed by atoms with Gasteiger partial charge in [-0.2, -0.15) is 0 Å². The minimum atomic E-state index is -0.533. The van der Waals surface area contributed by atoms with Gasteiger partial charge in [0.05, 0.1) is 18.4 Å². The minimum absolute atomic E-state index is 0.00621. The molecule has 0 amide bonds. The first-order chi connectivity index (χ1) is 11.3. The average molecular weight is 336 g/mol. The van der Waals surface area contributed by atoms with Crippen LogP contribution in [0.25, 0.3) is 0 Å². The second-order valence-corrected chi connectivity index (χ2v) is 6.74. The number of benzene rings is 1. The quantitative estimate of drug-likeness (QED) is 0.481. The Kier molecular flexibility index (Phi) is 8.47. The number of hydrogen-bond donors (Lipinski definition) is 0. The molecule has 0 atom stereocenters. The maximum atomic E-state index is 11.7. The Labute approximate surface area is 144 Å². The van der Waals surface area contributed by atoms with Gasteiger partial charge in [-0.15, -0.1) is 0 Å². The lowest BCUT2D eigenvalue weighted by molar-refractivity contribution is -0.155. The second-order valence-electron chi connectivity index (χ2n) is 6.74. The average Bonchev–Trinajstić information content (AvgIpc) is 2.51. The molecular weight excluding hydrogens is 308 g/mol. The van der Waals surface area contributed by atoms with Gasteiger partial charge in [-0.25, -0.2) is 0 Å². The van der Waals surface area contributed by atoms with Crippen LogP contribution in [-0.4, -0.2) is 30.8 Å². The van der Waals surface area contributed by atoms with Crippen LogP contribution < -0.4 is 4.74 Å². The van der Waals surface area contributed by atoms with E-state index in [0.29, 0.717) is 18.3 Å². The summed E-state index contributed by atoms with van der Waals surface area (Å²) in [7, 11) is 0. The maximum Gasteiger partial charge on any atom is 0.311 e. The fourth-order valence-electron chi connectivity index (χ4n) is 1.81. The summed E-state index contributed by atoms with van der Waals surface area (Å²) in [5, 5.41) is 0. The lowest BCUT2D eigenvalue weighted by Gasteiger charge is -2.25. The summed E-state index contributed by atoms with van der Waals surface area (Å²) in [4.78, 5) is 23.4. The molecule has 0 radical (unpaired) electrons. The highest BCUT2D eigenvalue weighted by Crippen LogP contribution is 2.13. The zero-order valence-corrected chi connectivity index (χ0v) is 15.0. The Morgan fingerprint density at radius 3 is 2.29 bits per heavy atom.